The Morgan fingerprint density at radius 2 is 2.11 bits per heavy atom. The van der Waals surface area contributed by atoms with Crippen molar-refractivity contribution in [2.45, 2.75) is 6.42 Å². The van der Waals surface area contributed by atoms with Crippen molar-refractivity contribution in [2.24, 2.45) is 0 Å². The second-order valence-corrected chi connectivity index (χ2v) is 4.53. The first-order valence-electron chi connectivity index (χ1n) is 5.55. The third kappa shape index (κ3) is 2.28. The summed E-state index contributed by atoms with van der Waals surface area (Å²) >= 11 is 5.77. The lowest BCUT2D eigenvalue weighted by atomic mass is 10.2. The summed E-state index contributed by atoms with van der Waals surface area (Å²) in [5.74, 6) is -0.844. The summed E-state index contributed by atoms with van der Waals surface area (Å²) in [6, 6.07) is 1.41. The standard InChI is InChI=1S/C11H14ClFN4O/c12-9-6(14)4-7(15)11(10(9)13)17-3-1-2-16-8(18)5-17/h4H,1-3,5,14-15H2,(H,16,18). The van der Waals surface area contributed by atoms with Crippen molar-refractivity contribution in [2.75, 3.05) is 36.0 Å². The maximum Gasteiger partial charge on any atom is 0.239 e. The van der Waals surface area contributed by atoms with E-state index in [4.69, 9.17) is 23.1 Å². The summed E-state index contributed by atoms with van der Waals surface area (Å²) in [6.45, 7) is 1.15. The smallest absolute Gasteiger partial charge is 0.239 e. The molecule has 0 saturated carbocycles. The molecule has 5 N–H and O–H groups in total. The van der Waals surface area contributed by atoms with Gasteiger partial charge in [-0.05, 0) is 12.5 Å². The minimum Gasteiger partial charge on any atom is -0.397 e. The number of carbonyl (C=O) groups excluding carboxylic acids is 1. The number of carbonyl (C=O) groups is 1. The zero-order valence-electron chi connectivity index (χ0n) is 9.67. The molecule has 5 nitrogen and oxygen atoms in total. The van der Waals surface area contributed by atoms with Crippen molar-refractivity contribution >= 4 is 34.6 Å². The van der Waals surface area contributed by atoms with Gasteiger partial charge in [-0.15, -0.1) is 0 Å². The number of hydrogen-bond acceptors (Lipinski definition) is 4. The molecule has 2 rings (SSSR count). The maximum atomic E-state index is 14.1. The van der Waals surface area contributed by atoms with Gasteiger partial charge in [0.05, 0.1) is 23.6 Å². The molecule has 1 heterocycles. The molecule has 7 heteroatoms. The van der Waals surface area contributed by atoms with Crippen LogP contribution in [0.25, 0.3) is 0 Å². The molecule has 0 spiro atoms. The van der Waals surface area contributed by atoms with Gasteiger partial charge < -0.3 is 21.7 Å². The van der Waals surface area contributed by atoms with Crippen molar-refractivity contribution in [3.63, 3.8) is 0 Å². The number of halogens is 2. The van der Waals surface area contributed by atoms with Crippen molar-refractivity contribution in [3.05, 3.63) is 16.9 Å². The Bertz CT molecular complexity index is 494. The summed E-state index contributed by atoms with van der Waals surface area (Å²) in [4.78, 5) is 13.0. The fourth-order valence-electron chi connectivity index (χ4n) is 1.97. The van der Waals surface area contributed by atoms with Crippen LogP contribution in [0.1, 0.15) is 6.42 Å². The molecule has 0 radical (unpaired) electrons. The molecule has 1 amide bonds. The van der Waals surface area contributed by atoms with Crippen LogP contribution in [0.15, 0.2) is 6.07 Å². The van der Waals surface area contributed by atoms with Gasteiger partial charge in [0.2, 0.25) is 5.91 Å². The van der Waals surface area contributed by atoms with Crippen LogP contribution in [0.5, 0.6) is 0 Å². The van der Waals surface area contributed by atoms with Gasteiger partial charge in [-0.3, -0.25) is 4.79 Å². The monoisotopic (exact) mass is 272 g/mol. The molecule has 1 saturated heterocycles. The summed E-state index contributed by atoms with van der Waals surface area (Å²) in [7, 11) is 0. The molecule has 18 heavy (non-hydrogen) atoms. The van der Waals surface area contributed by atoms with E-state index < -0.39 is 5.82 Å². The van der Waals surface area contributed by atoms with Crippen molar-refractivity contribution < 1.29 is 9.18 Å². The molecular weight excluding hydrogens is 259 g/mol. The van der Waals surface area contributed by atoms with Crippen LogP contribution in [-0.4, -0.2) is 25.5 Å². The third-order valence-electron chi connectivity index (χ3n) is 2.82. The normalized spacial score (nSPS) is 16.3. The molecule has 1 aliphatic heterocycles. The van der Waals surface area contributed by atoms with Gasteiger partial charge in [0.15, 0.2) is 5.82 Å². The summed E-state index contributed by atoms with van der Waals surface area (Å²) in [6.07, 6.45) is 0.715. The van der Waals surface area contributed by atoms with Crippen LogP contribution in [0.4, 0.5) is 21.5 Å². The van der Waals surface area contributed by atoms with Gasteiger partial charge in [-0.1, -0.05) is 11.6 Å². The van der Waals surface area contributed by atoms with Gasteiger partial charge in [0, 0.05) is 13.1 Å². The molecule has 1 aromatic carbocycles. The summed E-state index contributed by atoms with van der Waals surface area (Å²) < 4.78 is 14.1. The van der Waals surface area contributed by atoms with E-state index in [2.05, 4.69) is 5.32 Å². The summed E-state index contributed by atoms with van der Waals surface area (Å²) in [5, 5.41) is 2.54. The molecule has 0 aliphatic carbocycles. The Kier molecular flexibility index (Phi) is 3.47. The average Bonchev–Trinajstić information content (AvgIpc) is 2.51. The quantitative estimate of drug-likeness (QED) is 0.665. The van der Waals surface area contributed by atoms with Crippen LogP contribution in [0.3, 0.4) is 0 Å². The highest BCUT2D eigenvalue weighted by Gasteiger charge is 2.23. The van der Waals surface area contributed by atoms with E-state index >= 15 is 0 Å². The zero-order valence-corrected chi connectivity index (χ0v) is 10.4. The number of nitrogens with zero attached hydrogens (tertiary/aromatic N) is 1. The molecule has 0 aromatic heterocycles. The predicted octanol–water partition coefficient (Wildman–Crippen LogP) is 0.970. The van der Waals surface area contributed by atoms with Gasteiger partial charge >= 0.3 is 0 Å². The van der Waals surface area contributed by atoms with E-state index in [0.29, 0.717) is 19.5 Å². The largest absolute Gasteiger partial charge is 0.397 e. The molecule has 1 aromatic rings. The number of nitrogens with one attached hydrogen (secondary N) is 1. The molecule has 0 atom stereocenters. The molecule has 0 bridgehead atoms. The zero-order chi connectivity index (χ0) is 13.3. The highest BCUT2D eigenvalue weighted by atomic mass is 35.5. The average molecular weight is 273 g/mol. The van der Waals surface area contributed by atoms with Crippen LogP contribution in [0.2, 0.25) is 5.02 Å². The van der Waals surface area contributed by atoms with E-state index in [1.807, 2.05) is 0 Å². The summed E-state index contributed by atoms with van der Waals surface area (Å²) in [5.41, 5.74) is 11.7. The maximum absolute atomic E-state index is 14.1. The topological polar surface area (TPSA) is 84.4 Å². The number of anilines is 3. The fraction of sp³-hybridized carbons (Fsp3) is 0.364. The van der Waals surface area contributed by atoms with Crippen LogP contribution in [0, 0.1) is 5.82 Å². The van der Waals surface area contributed by atoms with E-state index in [-0.39, 0.29) is 34.5 Å². The molecule has 98 valence electrons. The molecule has 1 fully saturated rings. The van der Waals surface area contributed by atoms with Crippen molar-refractivity contribution in [1.82, 2.24) is 5.32 Å². The van der Waals surface area contributed by atoms with Crippen LogP contribution < -0.4 is 21.7 Å². The predicted molar refractivity (Wildman–Crippen MR) is 70.1 cm³/mol. The Morgan fingerprint density at radius 1 is 1.39 bits per heavy atom. The first-order chi connectivity index (χ1) is 8.50. The number of rotatable bonds is 1. The second-order valence-electron chi connectivity index (χ2n) is 4.16. The molecule has 0 unspecified atom stereocenters. The van der Waals surface area contributed by atoms with E-state index in [9.17, 15) is 9.18 Å². The highest BCUT2D eigenvalue weighted by molar-refractivity contribution is 6.33. The van der Waals surface area contributed by atoms with E-state index in [0.717, 1.165) is 0 Å². The highest BCUT2D eigenvalue weighted by Crippen LogP contribution is 2.36. The first-order valence-corrected chi connectivity index (χ1v) is 5.93. The third-order valence-corrected chi connectivity index (χ3v) is 3.20. The van der Waals surface area contributed by atoms with Gasteiger partial charge in [-0.2, -0.15) is 0 Å². The lowest BCUT2D eigenvalue weighted by Gasteiger charge is -2.24. The van der Waals surface area contributed by atoms with Gasteiger partial charge in [0.1, 0.15) is 5.02 Å². The SMILES string of the molecule is Nc1cc(N)c(N2CCCNC(=O)C2)c(F)c1Cl. The number of nitrogen functional groups attached to an aromatic ring is 2. The van der Waals surface area contributed by atoms with Crippen LogP contribution in [-0.2, 0) is 4.79 Å². The first kappa shape index (κ1) is 12.8. The number of benzene rings is 1. The minimum absolute atomic E-state index is 0.0569. The van der Waals surface area contributed by atoms with Crippen molar-refractivity contribution in [3.8, 4) is 0 Å². The van der Waals surface area contributed by atoms with E-state index in [1.54, 1.807) is 4.90 Å². The lowest BCUT2D eigenvalue weighted by Crippen LogP contribution is -2.34. The number of amides is 1. The fourth-order valence-corrected chi connectivity index (χ4v) is 2.12. The Balaban J connectivity index is 2.43. The second kappa shape index (κ2) is 4.89. The molecular formula is C11H14ClFN4O. The Hall–Kier alpha value is -1.69. The Morgan fingerprint density at radius 3 is 2.83 bits per heavy atom. The number of nitrogens with two attached hydrogens (primary N) is 2. The minimum atomic E-state index is -0.677. The van der Waals surface area contributed by atoms with E-state index in [1.165, 1.54) is 6.07 Å². The lowest BCUT2D eigenvalue weighted by molar-refractivity contribution is -0.119. The Labute approximate surface area is 109 Å². The van der Waals surface area contributed by atoms with Crippen molar-refractivity contribution in [1.29, 1.82) is 0 Å². The molecule has 1 aliphatic rings. The number of hydrogen-bond donors (Lipinski definition) is 3. The van der Waals surface area contributed by atoms with Gasteiger partial charge in [0.25, 0.3) is 0 Å². The van der Waals surface area contributed by atoms with Gasteiger partial charge in [-0.25, -0.2) is 4.39 Å². The van der Waals surface area contributed by atoms with Crippen LogP contribution >= 0.6 is 11.6 Å².